The molecule has 0 amide bonds. The smallest absolute Gasteiger partial charge is 0.364 e. The van der Waals surface area contributed by atoms with Crippen LogP contribution < -0.4 is 21.6 Å². The number of aromatic amines is 1. The van der Waals surface area contributed by atoms with E-state index < -0.39 is 44.8 Å². The summed E-state index contributed by atoms with van der Waals surface area (Å²) in [5.74, 6) is 0. The van der Waals surface area contributed by atoms with Crippen LogP contribution >= 0.6 is 7.60 Å². The predicted octanol–water partition coefficient (Wildman–Crippen LogP) is 3.66. The highest BCUT2D eigenvalue weighted by atomic mass is 31.2. The lowest BCUT2D eigenvalue weighted by Gasteiger charge is -2.44. The number of ether oxygens (including phenoxy) is 1. The van der Waals surface area contributed by atoms with E-state index in [-0.39, 0.29) is 36.8 Å². The quantitative estimate of drug-likeness (QED) is 0.247. The lowest BCUT2D eigenvalue weighted by atomic mass is 10.2. The highest BCUT2D eigenvalue weighted by molar-refractivity contribution is 7.55. The van der Waals surface area contributed by atoms with E-state index in [2.05, 4.69) is 25.8 Å². The number of nitrogens with one attached hydrogen (secondary N) is 1. The summed E-state index contributed by atoms with van der Waals surface area (Å²) in [5.41, 5.74) is -0.953. The van der Waals surface area contributed by atoms with E-state index in [0.717, 1.165) is 10.4 Å². The summed E-state index contributed by atoms with van der Waals surface area (Å²) in [7, 11) is -7.30. The summed E-state index contributed by atoms with van der Waals surface area (Å²) in [6, 6.07) is 20.0. The van der Waals surface area contributed by atoms with Gasteiger partial charge in [0.05, 0.1) is 19.8 Å². The first kappa shape index (κ1) is 32.3. The van der Waals surface area contributed by atoms with E-state index in [1.54, 1.807) is 20.8 Å². The van der Waals surface area contributed by atoms with Crippen LogP contribution in [0.3, 0.4) is 0 Å². The van der Waals surface area contributed by atoms with Crippen LogP contribution in [0.2, 0.25) is 5.04 Å². The molecule has 0 radical (unpaired) electrons. The molecule has 0 unspecified atom stereocenters. The van der Waals surface area contributed by atoms with E-state index in [9.17, 15) is 19.3 Å². The largest absolute Gasteiger partial charge is 0.405 e. The highest BCUT2D eigenvalue weighted by Crippen LogP contribution is 2.65. The molecule has 4 rings (SSSR count). The van der Waals surface area contributed by atoms with Crippen molar-refractivity contribution in [2.75, 3.05) is 19.8 Å². The van der Waals surface area contributed by atoms with Crippen molar-refractivity contribution < 1.29 is 27.9 Å². The van der Waals surface area contributed by atoms with Crippen molar-refractivity contribution in [1.29, 1.82) is 0 Å². The molecule has 1 aliphatic heterocycles. The topological polar surface area (TPSA) is 129 Å². The van der Waals surface area contributed by atoms with Crippen molar-refractivity contribution in [3.05, 3.63) is 93.3 Å². The molecule has 0 aliphatic carbocycles. The molecule has 1 aromatic heterocycles. The molecular formula is C30H41N2O8PSi. The summed E-state index contributed by atoms with van der Waals surface area (Å²) in [4.78, 5) is 27.1. The molecule has 1 fully saturated rings. The summed E-state index contributed by atoms with van der Waals surface area (Å²) in [6.07, 6.45) is -1.19. The maximum atomic E-state index is 14.2. The molecule has 2 heterocycles. The van der Waals surface area contributed by atoms with Gasteiger partial charge in [0, 0.05) is 18.2 Å². The third-order valence-electron chi connectivity index (χ3n) is 7.71. The van der Waals surface area contributed by atoms with Crippen LogP contribution in [0.4, 0.5) is 0 Å². The van der Waals surface area contributed by atoms with Crippen molar-refractivity contribution in [3.63, 3.8) is 0 Å². The van der Waals surface area contributed by atoms with Crippen LogP contribution in [-0.4, -0.2) is 54.2 Å². The van der Waals surface area contributed by atoms with Crippen molar-refractivity contribution in [1.82, 2.24) is 9.55 Å². The number of H-pyrrole nitrogens is 1. The first-order valence-corrected chi connectivity index (χ1v) is 17.6. The zero-order valence-corrected chi connectivity index (χ0v) is 26.9. The van der Waals surface area contributed by atoms with Crippen molar-refractivity contribution in [2.45, 2.75) is 70.7 Å². The van der Waals surface area contributed by atoms with Gasteiger partial charge in [-0.3, -0.25) is 18.9 Å². The molecule has 42 heavy (non-hydrogen) atoms. The molecule has 1 aliphatic rings. The summed E-state index contributed by atoms with van der Waals surface area (Å²) < 4.78 is 40.0. The Kier molecular flexibility index (Phi) is 9.64. The van der Waals surface area contributed by atoms with E-state index in [1.165, 1.54) is 10.8 Å². The molecule has 0 bridgehead atoms. The first-order chi connectivity index (χ1) is 19.8. The molecule has 2 aromatic carbocycles. The van der Waals surface area contributed by atoms with E-state index in [4.69, 9.17) is 18.2 Å². The fourth-order valence-corrected chi connectivity index (χ4v) is 12.3. The van der Waals surface area contributed by atoms with Gasteiger partial charge < -0.3 is 23.3 Å². The number of aromatic nitrogens is 2. The zero-order chi connectivity index (χ0) is 30.8. The van der Waals surface area contributed by atoms with E-state index >= 15 is 0 Å². The maximum absolute atomic E-state index is 14.2. The Morgan fingerprint density at radius 1 is 1.02 bits per heavy atom. The Morgan fingerprint density at radius 3 is 2.02 bits per heavy atom. The van der Waals surface area contributed by atoms with Crippen LogP contribution in [0.5, 0.6) is 0 Å². The lowest BCUT2D eigenvalue weighted by molar-refractivity contribution is -0.0609. The third kappa shape index (κ3) is 5.79. The average molecular weight is 617 g/mol. The summed E-state index contributed by atoms with van der Waals surface area (Å²) >= 11 is 0. The third-order valence-corrected chi connectivity index (χ3v) is 15.3. The molecule has 0 saturated carbocycles. The van der Waals surface area contributed by atoms with Crippen LogP contribution in [0.1, 0.15) is 52.8 Å². The van der Waals surface area contributed by atoms with Gasteiger partial charge in [0.15, 0.2) is 5.34 Å². The second kappa shape index (κ2) is 12.5. The fourth-order valence-electron chi connectivity index (χ4n) is 5.72. The van der Waals surface area contributed by atoms with Gasteiger partial charge in [0.1, 0.15) is 12.3 Å². The number of hydrogen-bond acceptors (Lipinski definition) is 8. The van der Waals surface area contributed by atoms with E-state index in [0.29, 0.717) is 0 Å². The summed E-state index contributed by atoms with van der Waals surface area (Å²) in [6.45, 7) is 11.1. The number of nitrogens with zero attached hydrogens (tertiary/aromatic N) is 1. The van der Waals surface area contributed by atoms with Gasteiger partial charge in [-0.25, -0.2) is 4.79 Å². The number of rotatable bonds is 11. The standard InChI is InChI=1S/C30H41N2O8PSi/c1-7-37-41(36,38-8-2)30(35)19-26(32-20-22(3)27(33)31-28(32)34)40-25(30)21-39-42(29(4,5)6,23-15-11-9-12-16-23)24-17-13-10-14-18-24/h9-18,20,25-26,35H,7-8,19,21H2,1-6H3,(H,31,33,34)/t25-,26-,30+/m1/s1. The number of aryl methyl sites for hydroxylation is 1. The number of hydrogen-bond donors (Lipinski definition) is 2. The molecule has 1 saturated heterocycles. The second-order valence-corrected chi connectivity index (χ2v) is 18.0. The Hall–Kier alpha value is -2.63. The van der Waals surface area contributed by atoms with Gasteiger partial charge in [-0.05, 0) is 36.2 Å². The van der Waals surface area contributed by atoms with Crippen LogP contribution in [0.15, 0.2) is 76.4 Å². The molecular weight excluding hydrogens is 575 g/mol. The Bertz CT molecular complexity index is 1470. The first-order valence-electron chi connectivity index (χ1n) is 14.2. The normalized spacial score (nSPS) is 21.5. The molecule has 10 nitrogen and oxygen atoms in total. The van der Waals surface area contributed by atoms with Gasteiger partial charge in [0.25, 0.3) is 13.9 Å². The maximum Gasteiger partial charge on any atom is 0.364 e. The monoisotopic (exact) mass is 616 g/mol. The number of aliphatic hydroxyl groups is 1. The van der Waals surface area contributed by atoms with Crippen molar-refractivity contribution >= 4 is 26.3 Å². The molecule has 3 atom stereocenters. The molecule has 228 valence electrons. The number of benzene rings is 2. The lowest BCUT2D eigenvalue weighted by Crippen LogP contribution is -2.67. The minimum Gasteiger partial charge on any atom is -0.405 e. The molecule has 2 N–H and O–H groups in total. The van der Waals surface area contributed by atoms with Crippen molar-refractivity contribution in [2.24, 2.45) is 0 Å². The molecule has 0 spiro atoms. The Morgan fingerprint density at radius 2 is 1.55 bits per heavy atom. The Balaban J connectivity index is 1.84. The predicted molar refractivity (Wildman–Crippen MR) is 164 cm³/mol. The minimum atomic E-state index is -4.22. The van der Waals surface area contributed by atoms with Gasteiger partial charge in [-0.1, -0.05) is 81.4 Å². The molecule has 12 heteroatoms. The van der Waals surface area contributed by atoms with E-state index in [1.807, 2.05) is 60.7 Å². The van der Waals surface area contributed by atoms with Gasteiger partial charge in [-0.15, -0.1) is 0 Å². The fraction of sp³-hybridized carbons (Fsp3) is 0.467. The Labute approximate surface area is 247 Å². The van der Waals surface area contributed by atoms with Crippen LogP contribution in [0, 0.1) is 6.92 Å². The average Bonchev–Trinajstić information content (AvgIpc) is 3.29. The zero-order valence-electron chi connectivity index (χ0n) is 25.0. The SMILES string of the molecule is CCOP(=O)(OCC)[C@@]1(O)C[C@H](n2cc(C)c(=O)[nH]c2=O)O[C@@H]1CO[Si](c1ccccc1)(c1ccccc1)C(C)(C)C. The molecule has 3 aromatic rings. The van der Waals surface area contributed by atoms with Gasteiger partial charge in [0.2, 0.25) is 0 Å². The van der Waals surface area contributed by atoms with Crippen LogP contribution in [0.25, 0.3) is 0 Å². The van der Waals surface area contributed by atoms with Crippen LogP contribution in [-0.2, 0) is 22.8 Å². The highest BCUT2D eigenvalue weighted by Gasteiger charge is 2.63. The summed E-state index contributed by atoms with van der Waals surface area (Å²) in [5, 5.41) is 11.7. The second-order valence-electron chi connectivity index (χ2n) is 11.4. The van der Waals surface area contributed by atoms with Gasteiger partial charge in [-0.2, -0.15) is 0 Å². The van der Waals surface area contributed by atoms with Crippen molar-refractivity contribution in [3.8, 4) is 0 Å². The van der Waals surface area contributed by atoms with Gasteiger partial charge >= 0.3 is 13.3 Å². The minimum absolute atomic E-state index is 0.0181.